The summed E-state index contributed by atoms with van der Waals surface area (Å²) >= 11 is 5.91. The largest absolute Gasteiger partial charge is 0.505 e. The highest BCUT2D eigenvalue weighted by atomic mass is 35.5. The van der Waals surface area contributed by atoms with E-state index >= 15 is 0 Å². The van der Waals surface area contributed by atoms with Crippen LogP contribution in [-0.4, -0.2) is 68.2 Å². The molecule has 3 heterocycles. The van der Waals surface area contributed by atoms with Gasteiger partial charge in [0.2, 0.25) is 0 Å². The molecule has 0 saturated carbocycles. The van der Waals surface area contributed by atoms with Crippen molar-refractivity contribution in [2.75, 3.05) is 27.2 Å². The highest BCUT2D eigenvalue weighted by molar-refractivity contribution is 6.30. The fourth-order valence-corrected chi connectivity index (χ4v) is 4.34. The minimum Gasteiger partial charge on any atom is -0.505 e. The first-order valence-corrected chi connectivity index (χ1v) is 11.3. The number of carbonyl (C=O) groups excluding carboxylic acids is 1. The maximum Gasteiger partial charge on any atom is 0.280 e. The topological polar surface area (TPSA) is 96.0 Å². The van der Waals surface area contributed by atoms with Gasteiger partial charge >= 0.3 is 0 Å². The molecule has 0 saturated heterocycles. The summed E-state index contributed by atoms with van der Waals surface area (Å²) in [6.07, 6.45) is 0. The molecule has 9 nitrogen and oxygen atoms in total. The monoisotopic (exact) mass is 488 g/mol. The molecule has 1 N–H and O–H groups in total. The normalized spacial score (nSPS) is 16.3. The van der Waals surface area contributed by atoms with E-state index < -0.39 is 11.4 Å². The van der Waals surface area contributed by atoms with E-state index in [0.29, 0.717) is 30.0 Å². The number of likely N-dealkylation sites (N-methyl/N-ethyl adjacent to an activating group) is 1. The van der Waals surface area contributed by atoms with Crippen molar-refractivity contribution in [2.24, 2.45) is 4.99 Å². The lowest BCUT2D eigenvalue weighted by Gasteiger charge is -2.32. The van der Waals surface area contributed by atoms with Gasteiger partial charge in [-0.1, -0.05) is 17.7 Å². The Morgan fingerprint density at radius 2 is 2.06 bits per heavy atom. The average Bonchev–Trinajstić information content (AvgIpc) is 3.10. The van der Waals surface area contributed by atoms with Crippen LogP contribution in [0.15, 0.2) is 28.0 Å². The summed E-state index contributed by atoms with van der Waals surface area (Å²) in [6, 6.07) is 3.92. The fourth-order valence-electron chi connectivity index (χ4n) is 4.13. The van der Waals surface area contributed by atoms with Crippen molar-refractivity contribution < 1.29 is 14.3 Å². The molecule has 1 aliphatic rings. The maximum atomic E-state index is 13.6. The van der Waals surface area contributed by atoms with Gasteiger partial charge in [0.05, 0.1) is 11.6 Å². The highest BCUT2D eigenvalue weighted by Gasteiger charge is 2.36. The van der Waals surface area contributed by atoms with Crippen LogP contribution in [-0.2, 0) is 6.54 Å². The van der Waals surface area contributed by atoms with Gasteiger partial charge < -0.3 is 19.5 Å². The van der Waals surface area contributed by atoms with Crippen molar-refractivity contribution in [1.82, 2.24) is 24.1 Å². The van der Waals surface area contributed by atoms with Crippen molar-refractivity contribution in [3.8, 4) is 5.75 Å². The molecule has 1 atom stereocenters. The molecular formula is C23H26ClFN6O3. The second kappa shape index (κ2) is 8.75. The van der Waals surface area contributed by atoms with Gasteiger partial charge in [0.1, 0.15) is 22.6 Å². The molecule has 0 bridgehead atoms. The first-order chi connectivity index (χ1) is 16.0. The third-order valence-corrected chi connectivity index (χ3v) is 6.37. The molecule has 1 aliphatic heterocycles. The van der Waals surface area contributed by atoms with Crippen LogP contribution >= 0.6 is 11.6 Å². The van der Waals surface area contributed by atoms with E-state index in [1.165, 1.54) is 18.2 Å². The minimum absolute atomic E-state index is 0.0250. The number of nitrogens with zero attached hydrogens (tertiary/aromatic N) is 6. The molecule has 1 unspecified atom stereocenters. The smallest absolute Gasteiger partial charge is 0.280 e. The Morgan fingerprint density at radius 1 is 1.35 bits per heavy atom. The van der Waals surface area contributed by atoms with Crippen molar-refractivity contribution in [2.45, 2.75) is 33.4 Å². The number of benzene rings is 1. The molecular weight excluding hydrogens is 463 g/mol. The Labute approximate surface area is 200 Å². The van der Waals surface area contributed by atoms with Crippen molar-refractivity contribution in [3.05, 3.63) is 50.7 Å². The van der Waals surface area contributed by atoms with Crippen LogP contribution in [0.25, 0.3) is 10.9 Å². The highest BCUT2D eigenvalue weighted by Crippen LogP contribution is 2.40. The molecule has 0 aliphatic carbocycles. The zero-order chi connectivity index (χ0) is 24.9. The van der Waals surface area contributed by atoms with E-state index in [4.69, 9.17) is 11.6 Å². The van der Waals surface area contributed by atoms with Crippen molar-refractivity contribution in [3.63, 3.8) is 0 Å². The van der Waals surface area contributed by atoms with Gasteiger partial charge in [-0.15, -0.1) is 5.10 Å². The second-order valence-corrected chi connectivity index (χ2v) is 8.98. The fraction of sp³-hybridized carbons (Fsp3) is 0.391. The van der Waals surface area contributed by atoms with E-state index in [-0.39, 0.29) is 46.2 Å². The van der Waals surface area contributed by atoms with E-state index in [9.17, 15) is 19.1 Å². The quantitative estimate of drug-likeness (QED) is 0.448. The number of halogens is 2. The van der Waals surface area contributed by atoms with Gasteiger partial charge in [0.15, 0.2) is 17.3 Å². The standard InChI is InChI=1S/C23H26ClFN6O3/c1-6-29-10-12(2)31-18-17(20(32)19(31)23(29)34)22(33)30(27-21(18)26-13(3)28(4)5)11-14-7-8-16(25)15(24)9-14/h7-9,12,32H,6,10-11H2,1-5H3. The Bertz CT molecular complexity index is 1390. The molecule has 4 rings (SSSR count). The summed E-state index contributed by atoms with van der Waals surface area (Å²) in [5, 5.41) is 15.5. The molecule has 1 aromatic carbocycles. The molecule has 34 heavy (non-hydrogen) atoms. The van der Waals surface area contributed by atoms with Gasteiger partial charge in [-0.2, -0.15) is 0 Å². The third kappa shape index (κ3) is 3.81. The summed E-state index contributed by atoms with van der Waals surface area (Å²) < 4.78 is 16.4. The molecule has 2 aromatic heterocycles. The Morgan fingerprint density at radius 3 is 2.68 bits per heavy atom. The molecule has 180 valence electrons. The number of amides is 1. The van der Waals surface area contributed by atoms with Crippen LogP contribution in [0.1, 0.15) is 42.9 Å². The summed E-state index contributed by atoms with van der Waals surface area (Å²) in [6.45, 7) is 6.44. The lowest BCUT2D eigenvalue weighted by molar-refractivity contribution is 0.0686. The summed E-state index contributed by atoms with van der Waals surface area (Å²) in [7, 11) is 3.64. The average molecular weight is 489 g/mol. The lowest BCUT2D eigenvalue weighted by atomic mass is 10.2. The number of hydrogen-bond donors (Lipinski definition) is 1. The van der Waals surface area contributed by atoms with Gasteiger partial charge in [-0.3, -0.25) is 9.59 Å². The SMILES string of the molecule is CCN1CC(C)n2c(c(O)c3c(=O)n(Cc4ccc(F)c(Cl)c4)nc(N=C(C)N(C)C)c32)C1=O. The van der Waals surface area contributed by atoms with Crippen LogP contribution in [0.3, 0.4) is 0 Å². The van der Waals surface area contributed by atoms with E-state index in [1.54, 1.807) is 21.3 Å². The van der Waals surface area contributed by atoms with Gasteiger partial charge in [0.25, 0.3) is 11.5 Å². The zero-order valence-electron chi connectivity index (χ0n) is 19.6. The lowest BCUT2D eigenvalue weighted by Crippen LogP contribution is -2.41. The Hall–Kier alpha value is -3.40. The zero-order valence-corrected chi connectivity index (χ0v) is 20.4. The summed E-state index contributed by atoms with van der Waals surface area (Å²) in [5.41, 5.74) is 0.323. The van der Waals surface area contributed by atoms with Crippen LogP contribution in [0.2, 0.25) is 5.02 Å². The van der Waals surface area contributed by atoms with Crippen LogP contribution in [0, 0.1) is 5.82 Å². The van der Waals surface area contributed by atoms with Gasteiger partial charge in [0, 0.05) is 33.2 Å². The number of carbonyl (C=O) groups is 1. The number of rotatable bonds is 4. The van der Waals surface area contributed by atoms with E-state index in [0.717, 1.165) is 4.68 Å². The number of aliphatic imine (C=N–C) groups is 1. The summed E-state index contributed by atoms with van der Waals surface area (Å²) in [5.74, 6) is -0.505. The Balaban J connectivity index is 2.03. The van der Waals surface area contributed by atoms with Gasteiger partial charge in [-0.05, 0) is 38.5 Å². The molecule has 0 fully saturated rings. The molecule has 3 aromatic rings. The predicted octanol–water partition coefficient (Wildman–Crippen LogP) is 3.39. The van der Waals surface area contributed by atoms with E-state index in [1.807, 2.05) is 27.9 Å². The predicted molar refractivity (Wildman–Crippen MR) is 129 cm³/mol. The number of aromatic nitrogens is 3. The van der Waals surface area contributed by atoms with E-state index in [2.05, 4.69) is 10.1 Å². The molecule has 11 heteroatoms. The van der Waals surface area contributed by atoms with Gasteiger partial charge in [-0.25, -0.2) is 14.1 Å². The molecule has 0 radical (unpaired) electrons. The minimum atomic E-state index is -0.584. The van der Waals surface area contributed by atoms with Crippen LogP contribution < -0.4 is 5.56 Å². The number of amidine groups is 1. The maximum absolute atomic E-state index is 13.6. The number of fused-ring (bicyclic) bond motifs is 3. The summed E-state index contributed by atoms with van der Waals surface area (Å²) in [4.78, 5) is 34.6. The Kier molecular flexibility index (Phi) is 6.11. The van der Waals surface area contributed by atoms with Crippen molar-refractivity contribution >= 4 is 40.1 Å². The molecule has 1 amide bonds. The first-order valence-electron chi connectivity index (χ1n) is 10.9. The number of hydrogen-bond acceptors (Lipinski definition) is 5. The third-order valence-electron chi connectivity index (χ3n) is 6.08. The molecule has 0 spiro atoms. The first kappa shape index (κ1) is 23.7. The number of aromatic hydroxyl groups is 1. The van der Waals surface area contributed by atoms with Crippen LogP contribution in [0.4, 0.5) is 10.2 Å². The van der Waals surface area contributed by atoms with Crippen molar-refractivity contribution in [1.29, 1.82) is 0 Å². The second-order valence-electron chi connectivity index (χ2n) is 8.57. The van der Waals surface area contributed by atoms with Crippen LogP contribution in [0.5, 0.6) is 5.75 Å².